The lowest BCUT2D eigenvalue weighted by Crippen LogP contribution is -2.02. The van der Waals surface area contributed by atoms with Crippen LogP contribution in [0.1, 0.15) is 15.9 Å². The summed E-state index contributed by atoms with van der Waals surface area (Å²) in [5, 5.41) is 9.18. The van der Waals surface area contributed by atoms with Crippen LogP contribution in [0.15, 0.2) is 30.3 Å². The number of rotatable bonds is 2. The highest BCUT2D eigenvalue weighted by Crippen LogP contribution is 2.32. The smallest absolute Gasteiger partial charge is 0.336 e. The van der Waals surface area contributed by atoms with Crippen LogP contribution in [0.3, 0.4) is 0 Å². The molecule has 0 aliphatic carbocycles. The Morgan fingerprint density at radius 2 is 1.84 bits per heavy atom. The van der Waals surface area contributed by atoms with Crippen molar-refractivity contribution in [3.05, 3.63) is 58.1 Å². The Hall–Kier alpha value is -1.94. The molecule has 5 heteroatoms. The average molecular weight is 283 g/mol. The standard InChI is InChI=1S/C14H9ClF2O2/c1-7-4-10(11(14(18)19)6-13(7)17)9-3-2-8(16)5-12(9)15/h2-6H,1H3,(H,18,19). The van der Waals surface area contributed by atoms with Crippen molar-refractivity contribution in [3.8, 4) is 11.1 Å². The Balaban J connectivity index is 2.73. The van der Waals surface area contributed by atoms with E-state index in [1.54, 1.807) is 0 Å². The highest BCUT2D eigenvalue weighted by atomic mass is 35.5. The number of halogens is 3. The van der Waals surface area contributed by atoms with E-state index in [4.69, 9.17) is 16.7 Å². The van der Waals surface area contributed by atoms with Crippen LogP contribution in [0, 0.1) is 18.6 Å². The third kappa shape index (κ3) is 2.58. The van der Waals surface area contributed by atoms with Gasteiger partial charge in [-0.05, 0) is 48.4 Å². The summed E-state index contributed by atoms with van der Waals surface area (Å²) >= 11 is 5.91. The molecule has 98 valence electrons. The SMILES string of the molecule is Cc1cc(-c2ccc(F)cc2Cl)c(C(=O)O)cc1F. The van der Waals surface area contributed by atoms with Gasteiger partial charge in [-0.2, -0.15) is 0 Å². The molecular formula is C14H9ClF2O2. The van der Waals surface area contributed by atoms with Gasteiger partial charge >= 0.3 is 5.97 Å². The van der Waals surface area contributed by atoms with Crippen LogP contribution in [-0.4, -0.2) is 11.1 Å². The Kier molecular flexibility index (Phi) is 3.53. The summed E-state index contributed by atoms with van der Waals surface area (Å²) in [5.41, 5.74) is 0.692. The normalized spacial score (nSPS) is 10.5. The van der Waals surface area contributed by atoms with Crippen LogP contribution in [0.25, 0.3) is 11.1 Å². The lowest BCUT2D eigenvalue weighted by atomic mass is 9.97. The molecule has 19 heavy (non-hydrogen) atoms. The van der Waals surface area contributed by atoms with E-state index in [1.165, 1.54) is 25.1 Å². The second kappa shape index (κ2) is 4.97. The first kappa shape index (κ1) is 13.5. The molecule has 0 heterocycles. The molecular weight excluding hydrogens is 274 g/mol. The third-order valence-corrected chi connectivity index (χ3v) is 3.06. The van der Waals surface area contributed by atoms with E-state index in [2.05, 4.69) is 0 Å². The Labute approximate surface area is 113 Å². The second-order valence-corrected chi connectivity index (χ2v) is 4.48. The number of carboxylic acid groups (broad SMARTS) is 1. The van der Waals surface area contributed by atoms with Gasteiger partial charge in [0, 0.05) is 5.56 Å². The number of aromatic carboxylic acids is 1. The first-order valence-electron chi connectivity index (χ1n) is 5.39. The number of aryl methyl sites for hydroxylation is 1. The zero-order chi connectivity index (χ0) is 14.2. The molecule has 2 nitrogen and oxygen atoms in total. The first-order valence-corrected chi connectivity index (χ1v) is 5.77. The van der Waals surface area contributed by atoms with Gasteiger partial charge in [0.1, 0.15) is 11.6 Å². The van der Waals surface area contributed by atoms with Crippen LogP contribution in [0.5, 0.6) is 0 Å². The molecule has 0 spiro atoms. The Morgan fingerprint density at radius 3 is 2.42 bits per heavy atom. The lowest BCUT2D eigenvalue weighted by molar-refractivity contribution is 0.0697. The maximum atomic E-state index is 13.4. The van der Waals surface area contributed by atoms with E-state index in [9.17, 15) is 13.6 Å². The van der Waals surface area contributed by atoms with E-state index < -0.39 is 17.6 Å². The molecule has 0 unspecified atom stereocenters. The monoisotopic (exact) mass is 282 g/mol. The highest BCUT2D eigenvalue weighted by Gasteiger charge is 2.17. The van der Waals surface area contributed by atoms with Gasteiger partial charge in [0.2, 0.25) is 0 Å². The summed E-state index contributed by atoms with van der Waals surface area (Å²) in [6.07, 6.45) is 0. The summed E-state index contributed by atoms with van der Waals surface area (Å²) in [7, 11) is 0. The van der Waals surface area contributed by atoms with Crippen LogP contribution < -0.4 is 0 Å². The third-order valence-electron chi connectivity index (χ3n) is 2.75. The highest BCUT2D eigenvalue weighted by molar-refractivity contribution is 6.33. The van der Waals surface area contributed by atoms with Crippen molar-refractivity contribution >= 4 is 17.6 Å². The molecule has 0 bridgehead atoms. The van der Waals surface area contributed by atoms with E-state index in [0.717, 1.165) is 12.1 Å². The fourth-order valence-corrected chi connectivity index (χ4v) is 2.06. The fraction of sp³-hybridized carbons (Fsp3) is 0.0714. The maximum Gasteiger partial charge on any atom is 0.336 e. The zero-order valence-electron chi connectivity index (χ0n) is 9.88. The minimum Gasteiger partial charge on any atom is -0.478 e. The molecule has 0 saturated heterocycles. The van der Waals surface area contributed by atoms with E-state index in [0.29, 0.717) is 11.1 Å². The van der Waals surface area contributed by atoms with Gasteiger partial charge in [0.15, 0.2) is 0 Å². The van der Waals surface area contributed by atoms with Crippen molar-refractivity contribution in [3.63, 3.8) is 0 Å². The summed E-state index contributed by atoms with van der Waals surface area (Å²) in [6, 6.07) is 5.95. The van der Waals surface area contributed by atoms with Gasteiger partial charge in [-0.1, -0.05) is 11.6 Å². The molecule has 0 atom stereocenters. The van der Waals surface area contributed by atoms with E-state index >= 15 is 0 Å². The molecule has 2 aromatic carbocycles. The average Bonchev–Trinajstić information content (AvgIpc) is 2.32. The molecule has 0 radical (unpaired) electrons. The summed E-state index contributed by atoms with van der Waals surface area (Å²) < 4.78 is 26.4. The topological polar surface area (TPSA) is 37.3 Å². The van der Waals surface area contributed by atoms with Crippen molar-refractivity contribution < 1.29 is 18.7 Å². The van der Waals surface area contributed by atoms with E-state index in [1.807, 2.05) is 0 Å². The van der Waals surface area contributed by atoms with Gasteiger partial charge in [-0.3, -0.25) is 0 Å². The predicted molar refractivity (Wildman–Crippen MR) is 68.5 cm³/mol. The van der Waals surface area contributed by atoms with Crippen molar-refractivity contribution in [1.82, 2.24) is 0 Å². The minimum absolute atomic E-state index is 0.0773. The minimum atomic E-state index is -1.27. The van der Waals surface area contributed by atoms with Crippen LogP contribution >= 0.6 is 11.6 Å². The van der Waals surface area contributed by atoms with Crippen molar-refractivity contribution in [1.29, 1.82) is 0 Å². The predicted octanol–water partition coefficient (Wildman–Crippen LogP) is 4.29. The number of hydrogen-bond donors (Lipinski definition) is 1. The first-order chi connectivity index (χ1) is 8.90. The van der Waals surface area contributed by atoms with Crippen LogP contribution in [0.2, 0.25) is 5.02 Å². The quantitative estimate of drug-likeness (QED) is 0.892. The number of carbonyl (C=O) groups is 1. The van der Waals surface area contributed by atoms with Gasteiger partial charge in [-0.15, -0.1) is 0 Å². The number of hydrogen-bond acceptors (Lipinski definition) is 1. The second-order valence-electron chi connectivity index (χ2n) is 4.08. The Bertz CT molecular complexity index is 669. The summed E-state index contributed by atoms with van der Waals surface area (Å²) in [4.78, 5) is 11.2. The largest absolute Gasteiger partial charge is 0.478 e. The molecule has 0 aliphatic rings. The lowest BCUT2D eigenvalue weighted by Gasteiger charge is -2.10. The molecule has 0 fully saturated rings. The van der Waals surface area contributed by atoms with Crippen molar-refractivity contribution in [2.75, 3.05) is 0 Å². The van der Waals surface area contributed by atoms with E-state index in [-0.39, 0.29) is 16.1 Å². The number of benzene rings is 2. The van der Waals surface area contributed by atoms with Crippen molar-refractivity contribution in [2.45, 2.75) is 6.92 Å². The van der Waals surface area contributed by atoms with Gasteiger partial charge in [0.05, 0.1) is 10.6 Å². The zero-order valence-corrected chi connectivity index (χ0v) is 10.6. The Morgan fingerprint density at radius 1 is 1.16 bits per heavy atom. The molecule has 0 aliphatic heterocycles. The summed E-state index contributed by atoms with van der Waals surface area (Å²) in [5.74, 6) is -2.40. The fourth-order valence-electron chi connectivity index (χ4n) is 1.79. The maximum absolute atomic E-state index is 13.4. The van der Waals surface area contributed by atoms with Gasteiger partial charge < -0.3 is 5.11 Å². The number of carboxylic acids is 1. The van der Waals surface area contributed by atoms with Crippen LogP contribution in [-0.2, 0) is 0 Å². The van der Waals surface area contributed by atoms with Crippen LogP contribution in [0.4, 0.5) is 8.78 Å². The molecule has 2 rings (SSSR count). The van der Waals surface area contributed by atoms with Gasteiger partial charge in [-0.25, -0.2) is 13.6 Å². The molecule has 2 aromatic rings. The molecule has 0 amide bonds. The summed E-state index contributed by atoms with van der Waals surface area (Å²) in [6.45, 7) is 1.52. The molecule has 0 aromatic heterocycles. The molecule has 1 N–H and O–H groups in total. The van der Waals surface area contributed by atoms with Crippen molar-refractivity contribution in [2.24, 2.45) is 0 Å². The van der Waals surface area contributed by atoms with Gasteiger partial charge in [0.25, 0.3) is 0 Å². The molecule has 0 saturated carbocycles.